The first-order valence-corrected chi connectivity index (χ1v) is 9.25. The fourth-order valence-corrected chi connectivity index (χ4v) is 3.19. The zero-order chi connectivity index (χ0) is 14.0. The summed E-state index contributed by atoms with van der Waals surface area (Å²) in [6, 6.07) is 7.44. The summed E-state index contributed by atoms with van der Waals surface area (Å²) < 4.78 is 13.0. The van der Waals surface area contributed by atoms with Crippen LogP contribution in [-0.2, 0) is 4.57 Å². The van der Waals surface area contributed by atoms with Gasteiger partial charge in [-0.05, 0) is 53.0 Å². The smallest absolute Gasteiger partial charge is 0.224 e. The minimum absolute atomic E-state index is 0.152. The van der Waals surface area contributed by atoms with Crippen LogP contribution in [0.1, 0.15) is 0 Å². The van der Waals surface area contributed by atoms with Gasteiger partial charge in [0.2, 0.25) is 5.28 Å². The van der Waals surface area contributed by atoms with Gasteiger partial charge in [0.15, 0.2) is 0 Å². The van der Waals surface area contributed by atoms with Crippen molar-refractivity contribution in [2.75, 3.05) is 18.6 Å². The molecule has 1 aromatic heterocycles. The summed E-state index contributed by atoms with van der Waals surface area (Å²) in [5.41, 5.74) is 0.756. The second-order valence-corrected chi connectivity index (χ2v) is 8.70. The van der Waals surface area contributed by atoms with Gasteiger partial charge in [-0.15, -0.1) is 0 Å². The van der Waals surface area contributed by atoms with E-state index >= 15 is 0 Å². The van der Waals surface area contributed by atoms with E-state index in [0.29, 0.717) is 10.3 Å². The van der Waals surface area contributed by atoms with Crippen molar-refractivity contribution in [2.24, 2.45) is 0 Å². The molecule has 100 valence electrons. The molecule has 0 aliphatic rings. The van der Waals surface area contributed by atoms with Gasteiger partial charge in [-0.2, -0.15) is 4.98 Å². The summed E-state index contributed by atoms with van der Waals surface area (Å²) in [7, 11) is -2.37. The molecular weight excluding hydrogens is 348 g/mol. The summed E-state index contributed by atoms with van der Waals surface area (Å²) in [5, 5.41) is 4.06. The molecule has 19 heavy (non-hydrogen) atoms. The number of aromatic nitrogens is 2. The summed E-state index contributed by atoms with van der Waals surface area (Å²) in [4.78, 5) is 7.96. The maximum atomic E-state index is 12.3. The van der Waals surface area contributed by atoms with Crippen LogP contribution in [0.25, 0.3) is 0 Å². The molecule has 0 spiro atoms. The lowest BCUT2D eigenvalue weighted by atomic mass is 10.3. The van der Waals surface area contributed by atoms with Crippen LogP contribution < -0.4 is 10.6 Å². The van der Waals surface area contributed by atoms with E-state index in [2.05, 4.69) is 31.2 Å². The van der Waals surface area contributed by atoms with Gasteiger partial charge in [-0.25, -0.2) is 4.98 Å². The third-order valence-corrected chi connectivity index (χ3v) is 4.76. The lowest BCUT2D eigenvalue weighted by Gasteiger charge is -2.15. The minimum atomic E-state index is -2.37. The predicted molar refractivity (Wildman–Crippen MR) is 83.6 cm³/mol. The monoisotopic (exact) mass is 359 g/mol. The van der Waals surface area contributed by atoms with Crippen molar-refractivity contribution >= 4 is 51.5 Å². The third-order valence-electron chi connectivity index (χ3n) is 2.45. The standard InChI is InChI=1S/C12H12BrClN3OP/c1-19(2,18)10-6-4-3-5-9(10)16-11-8(13)7-15-12(14)17-11/h3-7H,1-2H3,(H,15,16,17). The summed E-state index contributed by atoms with van der Waals surface area (Å²) in [5.74, 6) is 0.542. The highest BCUT2D eigenvalue weighted by molar-refractivity contribution is 9.10. The molecular formula is C12H12BrClN3OP. The largest absolute Gasteiger partial charge is 0.339 e. The fourth-order valence-electron chi connectivity index (χ4n) is 1.61. The maximum Gasteiger partial charge on any atom is 0.224 e. The maximum absolute atomic E-state index is 12.3. The zero-order valence-electron chi connectivity index (χ0n) is 10.4. The zero-order valence-corrected chi connectivity index (χ0v) is 13.6. The Kier molecular flexibility index (Phi) is 4.29. The number of hydrogen-bond donors (Lipinski definition) is 1. The molecule has 0 aliphatic carbocycles. The van der Waals surface area contributed by atoms with Crippen LogP contribution in [0.2, 0.25) is 5.28 Å². The lowest BCUT2D eigenvalue weighted by Crippen LogP contribution is -2.10. The van der Waals surface area contributed by atoms with Gasteiger partial charge in [-0.1, -0.05) is 12.1 Å². The van der Waals surface area contributed by atoms with E-state index in [1.165, 1.54) is 0 Å². The predicted octanol–water partition coefficient (Wildman–Crippen LogP) is 3.88. The molecule has 0 atom stereocenters. The van der Waals surface area contributed by atoms with Crippen LogP contribution in [0.4, 0.5) is 11.5 Å². The van der Waals surface area contributed by atoms with Gasteiger partial charge in [0.05, 0.1) is 10.2 Å². The van der Waals surface area contributed by atoms with Crippen LogP contribution >= 0.6 is 34.7 Å². The van der Waals surface area contributed by atoms with E-state index in [9.17, 15) is 4.57 Å². The molecule has 0 amide bonds. The number of hydrogen-bond acceptors (Lipinski definition) is 4. The Balaban J connectivity index is 2.44. The van der Waals surface area contributed by atoms with Gasteiger partial charge < -0.3 is 9.88 Å². The van der Waals surface area contributed by atoms with Crippen LogP contribution in [-0.4, -0.2) is 23.3 Å². The van der Waals surface area contributed by atoms with E-state index in [0.717, 1.165) is 11.0 Å². The van der Waals surface area contributed by atoms with Crippen LogP contribution in [0.15, 0.2) is 34.9 Å². The average Bonchev–Trinajstić information content (AvgIpc) is 2.33. The molecule has 0 saturated heterocycles. The average molecular weight is 361 g/mol. The summed E-state index contributed by atoms with van der Waals surface area (Å²) in [6.07, 6.45) is 1.57. The van der Waals surface area contributed by atoms with Crippen molar-refractivity contribution in [1.29, 1.82) is 0 Å². The molecule has 1 N–H and O–H groups in total. The number of benzene rings is 1. The number of anilines is 2. The molecule has 1 heterocycles. The van der Waals surface area contributed by atoms with E-state index in [4.69, 9.17) is 11.6 Å². The topological polar surface area (TPSA) is 54.9 Å². The molecule has 2 rings (SSSR count). The number of nitrogens with one attached hydrogen (secondary N) is 1. The fraction of sp³-hybridized carbons (Fsp3) is 0.167. The Labute approximate surface area is 125 Å². The van der Waals surface area contributed by atoms with Crippen LogP contribution in [0.3, 0.4) is 0 Å². The van der Waals surface area contributed by atoms with Crippen molar-refractivity contribution in [3.63, 3.8) is 0 Å². The van der Waals surface area contributed by atoms with Crippen LogP contribution in [0, 0.1) is 0 Å². The molecule has 0 radical (unpaired) electrons. The highest BCUT2D eigenvalue weighted by atomic mass is 79.9. The van der Waals surface area contributed by atoms with Crippen molar-refractivity contribution < 1.29 is 4.57 Å². The molecule has 0 fully saturated rings. The molecule has 1 aromatic carbocycles. The Morgan fingerprint density at radius 2 is 2.00 bits per heavy atom. The second kappa shape index (κ2) is 5.61. The SMILES string of the molecule is CP(C)(=O)c1ccccc1Nc1nc(Cl)ncc1Br. The molecule has 2 aromatic rings. The first-order chi connectivity index (χ1) is 8.88. The molecule has 0 saturated carbocycles. The van der Waals surface area contributed by atoms with E-state index < -0.39 is 7.14 Å². The summed E-state index contributed by atoms with van der Waals surface area (Å²) >= 11 is 9.12. The third kappa shape index (κ3) is 3.56. The highest BCUT2D eigenvalue weighted by Gasteiger charge is 2.16. The van der Waals surface area contributed by atoms with E-state index in [1.54, 1.807) is 19.5 Å². The first-order valence-electron chi connectivity index (χ1n) is 5.47. The van der Waals surface area contributed by atoms with Crippen molar-refractivity contribution in [2.45, 2.75) is 0 Å². The van der Waals surface area contributed by atoms with Crippen molar-refractivity contribution in [3.8, 4) is 0 Å². The second-order valence-electron chi connectivity index (χ2n) is 4.33. The lowest BCUT2D eigenvalue weighted by molar-refractivity contribution is 0.588. The Morgan fingerprint density at radius 1 is 1.32 bits per heavy atom. The first kappa shape index (κ1) is 14.5. The molecule has 0 bridgehead atoms. The Hall–Kier alpha value is -0.900. The van der Waals surface area contributed by atoms with E-state index in [-0.39, 0.29) is 5.28 Å². The highest BCUT2D eigenvalue weighted by Crippen LogP contribution is 2.38. The molecule has 0 aliphatic heterocycles. The summed E-state index contributed by atoms with van der Waals surface area (Å²) in [6.45, 7) is 3.46. The van der Waals surface area contributed by atoms with E-state index in [1.807, 2.05) is 24.3 Å². The number of rotatable bonds is 3. The van der Waals surface area contributed by atoms with Crippen LogP contribution in [0.5, 0.6) is 0 Å². The molecule has 0 unspecified atom stereocenters. The van der Waals surface area contributed by atoms with Crippen molar-refractivity contribution in [3.05, 3.63) is 40.2 Å². The van der Waals surface area contributed by atoms with Gasteiger partial charge >= 0.3 is 0 Å². The molecule has 7 heteroatoms. The van der Waals surface area contributed by atoms with Gasteiger partial charge in [0, 0.05) is 11.5 Å². The van der Waals surface area contributed by atoms with Gasteiger partial charge in [0.1, 0.15) is 13.0 Å². The minimum Gasteiger partial charge on any atom is -0.339 e. The Morgan fingerprint density at radius 3 is 2.68 bits per heavy atom. The number of para-hydroxylation sites is 1. The number of nitrogens with zero attached hydrogens (tertiary/aromatic N) is 2. The Bertz CT molecular complexity index is 659. The normalized spacial score (nSPS) is 11.4. The number of halogens is 2. The van der Waals surface area contributed by atoms with Crippen molar-refractivity contribution in [1.82, 2.24) is 9.97 Å². The quantitative estimate of drug-likeness (QED) is 0.666. The molecule has 4 nitrogen and oxygen atoms in total. The van der Waals surface area contributed by atoms with Gasteiger partial charge in [0.25, 0.3) is 0 Å². The van der Waals surface area contributed by atoms with Gasteiger partial charge in [-0.3, -0.25) is 0 Å².